The Morgan fingerprint density at radius 3 is 2.47 bits per heavy atom. The lowest BCUT2D eigenvalue weighted by Crippen LogP contribution is -2.14. The van der Waals surface area contributed by atoms with E-state index in [1.165, 1.54) is 12.8 Å². The van der Waals surface area contributed by atoms with Crippen LogP contribution in [-0.4, -0.2) is 12.0 Å². The highest BCUT2D eigenvalue weighted by Gasteiger charge is 2.29. The van der Waals surface area contributed by atoms with Gasteiger partial charge in [0.05, 0.1) is 6.10 Å². The van der Waals surface area contributed by atoms with E-state index in [1.807, 2.05) is 0 Å². The molecule has 1 aromatic carbocycles. The Bertz CT molecular complexity index is 354. The van der Waals surface area contributed by atoms with Crippen molar-refractivity contribution in [3.63, 3.8) is 0 Å². The van der Waals surface area contributed by atoms with Crippen molar-refractivity contribution in [1.29, 1.82) is 0 Å². The van der Waals surface area contributed by atoms with Crippen molar-refractivity contribution in [3.8, 4) is 5.75 Å². The number of benzene rings is 1. The van der Waals surface area contributed by atoms with Gasteiger partial charge >= 0.3 is 0 Å². The Kier molecular flexibility index (Phi) is 2.62. The number of nitrogens with two attached hydrogens (primary N) is 1. The molecule has 2 N–H and O–H groups in total. The minimum Gasteiger partial charge on any atom is -0.490 e. The van der Waals surface area contributed by atoms with Crippen LogP contribution in [0.1, 0.15) is 30.1 Å². The molecule has 1 unspecified atom stereocenters. The van der Waals surface area contributed by atoms with Crippen LogP contribution in [-0.2, 0) is 0 Å². The van der Waals surface area contributed by atoms with Gasteiger partial charge < -0.3 is 10.5 Å². The second kappa shape index (κ2) is 3.93. The maximum atomic E-state index is 10.8. The van der Waals surface area contributed by atoms with Crippen LogP contribution in [0.2, 0.25) is 0 Å². The van der Waals surface area contributed by atoms with Crippen molar-refractivity contribution in [2.24, 2.45) is 11.7 Å². The fraction of sp³-hybridized carbons (Fsp3) is 0.417. The molecule has 1 saturated carbocycles. The molecule has 1 amide bonds. The first-order valence-corrected chi connectivity index (χ1v) is 5.23. The maximum Gasteiger partial charge on any atom is 0.248 e. The molecule has 0 radical (unpaired) electrons. The van der Waals surface area contributed by atoms with Crippen LogP contribution < -0.4 is 10.5 Å². The van der Waals surface area contributed by atoms with Crippen molar-refractivity contribution < 1.29 is 9.53 Å². The van der Waals surface area contributed by atoms with Crippen LogP contribution in [0, 0.1) is 5.92 Å². The van der Waals surface area contributed by atoms with Gasteiger partial charge in [-0.15, -0.1) is 0 Å². The Balaban J connectivity index is 1.99. The van der Waals surface area contributed by atoms with E-state index in [-0.39, 0.29) is 6.10 Å². The molecular weight excluding hydrogens is 190 g/mol. The molecule has 0 saturated heterocycles. The molecule has 2 rings (SSSR count). The third-order valence-corrected chi connectivity index (χ3v) is 2.75. The van der Waals surface area contributed by atoms with E-state index in [2.05, 4.69) is 6.92 Å². The minimum absolute atomic E-state index is 0.268. The summed E-state index contributed by atoms with van der Waals surface area (Å²) in [6.45, 7) is 2.08. The summed E-state index contributed by atoms with van der Waals surface area (Å²) in [6, 6.07) is 6.96. The predicted molar refractivity (Wildman–Crippen MR) is 57.8 cm³/mol. The third kappa shape index (κ3) is 2.49. The van der Waals surface area contributed by atoms with Gasteiger partial charge in [0.2, 0.25) is 5.91 Å². The quantitative estimate of drug-likeness (QED) is 0.816. The molecule has 1 aromatic rings. The van der Waals surface area contributed by atoms with Crippen LogP contribution in [0.15, 0.2) is 24.3 Å². The smallest absolute Gasteiger partial charge is 0.248 e. The zero-order valence-electron chi connectivity index (χ0n) is 8.77. The average Bonchev–Trinajstić information content (AvgIpc) is 3.01. The number of amides is 1. The molecule has 3 nitrogen and oxygen atoms in total. The number of ether oxygens (including phenoxy) is 1. The third-order valence-electron chi connectivity index (χ3n) is 2.75. The monoisotopic (exact) mass is 205 g/mol. The average molecular weight is 205 g/mol. The molecule has 0 aromatic heterocycles. The first kappa shape index (κ1) is 10.0. The molecule has 0 spiro atoms. The maximum absolute atomic E-state index is 10.8. The van der Waals surface area contributed by atoms with Gasteiger partial charge in [-0.2, -0.15) is 0 Å². The zero-order valence-corrected chi connectivity index (χ0v) is 8.77. The highest BCUT2D eigenvalue weighted by atomic mass is 16.5. The van der Waals surface area contributed by atoms with Gasteiger partial charge in [-0.1, -0.05) is 0 Å². The van der Waals surface area contributed by atoms with Crippen molar-refractivity contribution in [3.05, 3.63) is 29.8 Å². The van der Waals surface area contributed by atoms with Gasteiger partial charge in [0.25, 0.3) is 0 Å². The van der Waals surface area contributed by atoms with Gasteiger partial charge in [-0.25, -0.2) is 0 Å². The van der Waals surface area contributed by atoms with Gasteiger partial charge in [0.15, 0.2) is 0 Å². The molecule has 0 bridgehead atoms. The molecule has 1 aliphatic rings. The first-order valence-electron chi connectivity index (χ1n) is 5.23. The van der Waals surface area contributed by atoms with Crippen LogP contribution >= 0.6 is 0 Å². The Hall–Kier alpha value is -1.51. The number of rotatable bonds is 4. The molecule has 3 heteroatoms. The molecular formula is C12H15NO2. The Morgan fingerprint density at radius 2 is 2.00 bits per heavy atom. The standard InChI is InChI=1S/C12H15NO2/c1-8(9-2-3-9)15-11-6-4-10(5-7-11)12(13)14/h4-9H,2-3H2,1H3,(H2,13,14). The number of primary amides is 1. The van der Waals surface area contributed by atoms with Gasteiger partial charge in [0, 0.05) is 5.56 Å². The molecule has 1 aliphatic carbocycles. The van der Waals surface area contributed by atoms with Crippen molar-refractivity contribution in [1.82, 2.24) is 0 Å². The lowest BCUT2D eigenvalue weighted by Gasteiger charge is -2.13. The summed E-state index contributed by atoms with van der Waals surface area (Å²) in [6.07, 6.45) is 2.80. The van der Waals surface area contributed by atoms with Gasteiger partial charge in [0.1, 0.15) is 5.75 Å². The summed E-state index contributed by atoms with van der Waals surface area (Å²) in [7, 11) is 0. The normalized spacial score (nSPS) is 17.1. The second-order valence-electron chi connectivity index (χ2n) is 4.05. The predicted octanol–water partition coefficient (Wildman–Crippen LogP) is 1.96. The number of hydrogen-bond acceptors (Lipinski definition) is 2. The molecule has 15 heavy (non-hydrogen) atoms. The van der Waals surface area contributed by atoms with Crippen molar-refractivity contribution >= 4 is 5.91 Å². The number of carbonyl (C=O) groups excluding carboxylic acids is 1. The Labute approximate surface area is 89.2 Å². The second-order valence-corrected chi connectivity index (χ2v) is 4.05. The van der Waals surface area contributed by atoms with Gasteiger partial charge in [-0.3, -0.25) is 4.79 Å². The van der Waals surface area contributed by atoms with Crippen molar-refractivity contribution in [2.75, 3.05) is 0 Å². The first-order chi connectivity index (χ1) is 7.16. The number of hydrogen-bond donors (Lipinski definition) is 1. The largest absolute Gasteiger partial charge is 0.490 e. The summed E-state index contributed by atoms with van der Waals surface area (Å²) < 4.78 is 5.72. The highest BCUT2D eigenvalue weighted by molar-refractivity contribution is 5.92. The highest BCUT2D eigenvalue weighted by Crippen LogP contribution is 2.34. The van der Waals surface area contributed by atoms with E-state index >= 15 is 0 Å². The SMILES string of the molecule is CC(Oc1ccc(C(N)=O)cc1)C1CC1. The van der Waals surface area contributed by atoms with E-state index in [9.17, 15) is 4.79 Å². The summed E-state index contributed by atoms with van der Waals surface area (Å²) in [5.41, 5.74) is 5.66. The van der Waals surface area contributed by atoms with Crippen molar-refractivity contribution in [2.45, 2.75) is 25.9 Å². The molecule has 1 atom stereocenters. The van der Waals surface area contributed by atoms with E-state index in [4.69, 9.17) is 10.5 Å². The van der Waals surface area contributed by atoms with Crippen LogP contribution in [0.5, 0.6) is 5.75 Å². The minimum atomic E-state index is -0.406. The van der Waals surface area contributed by atoms with E-state index in [0.29, 0.717) is 11.5 Å². The fourth-order valence-corrected chi connectivity index (χ4v) is 1.57. The van der Waals surface area contributed by atoms with Crippen LogP contribution in [0.4, 0.5) is 0 Å². The summed E-state index contributed by atoms with van der Waals surface area (Å²) in [5.74, 6) is 1.11. The van der Waals surface area contributed by atoms with E-state index < -0.39 is 5.91 Å². The lowest BCUT2D eigenvalue weighted by molar-refractivity contribution is 0.1000. The zero-order chi connectivity index (χ0) is 10.8. The lowest BCUT2D eigenvalue weighted by atomic mass is 10.2. The molecule has 80 valence electrons. The summed E-state index contributed by atoms with van der Waals surface area (Å²) in [4.78, 5) is 10.8. The topological polar surface area (TPSA) is 52.3 Å². The number of carbonyl (C=O) groups is 1. The van der Waals surface area contributed by atoms with E-state index in [1.54, 1.807) is 24.3 Å². The van der Waals surface area contributed by atoms with Crippen LogP contribution in [0.3, 0.4) is 0 Å². The summed E-state index contributed by atoms with van der Waals surface area (Å²) in [5, 5.41) is 0. The van der Waals surface area contributed by atoms with Gasteiger partial charge in [-0.05, 0) is 49.9 Å². The van der Waals surface area contributed by atoms with E-state index in [0.717, 1.165) is 5.75 Å². The fourth-order valence-electron chi connectivity index (χ4n) is 1.57. The Morgan fingerprint density at radius 1 is 1.40 bits per heavy atom. The van der Waals surface area contributed by atoms with Crippen LogP contribution in [0.25, 0.3) is 0 Å². The summed E-state index contributed by atoms with van der Waals surface area (Å²) >= 11 is 0. The molecule has 0 heterocycles. The molecule has 1 fully saturated rings. The molecule has 0 aliphatic heterocycles.